The highest BCUT2D eigenvalue weighted by atomic mass is 16.6. The first kappa shape index (κ1) is 16.7. The summed E-state index contributed by atoms with van der Waals surface area (Å²) in [5, 5.41) is 17.2. The molecule has 0 aromatic carbocycles. The van der Waals surface area contributed by atoms with Gasteiger partial charge in [0, 0.05) is 7.11 Å². The minimum absolute atomic E-state index is 0.0180. The van der Waals surface area contributed by atoms with Crippen molar-refractivity contribution in [3.63, 3.8) is 0 Å². The second kappa shape index (κ2) is 13.8. The molecule has 0 aliphatic rings. The maximum absolute atomic E-state index is 8.58. The Hall–Kier alpha value is -0.280. The maximum atomic E-state index is 8.58. The lowest BCUT2D eigenvalue weighted by Crippen LogP contribution is -2.33. The third-order valence-electron chi connectivity index (χ3n) is 1.72. The molecule has 0 amide bonds. The molecule has 0 unspecified atom stereocenters. The van der Waals surface area contributed by atoms with Gasteiger partial charge in [-0.2, -0.15) is 0 Å². The Kier molecular flexibility index (Phi) is 13.6. The lowest BCUT2D eigenvalue weighted by Gasteiger charge is -2.21. The molecule has 7 heteroatoms. The van der Waals surface area contributed by atoms with Gasteiger partial charge in [-0.25, -0.2) is 4.90 Å². The van der Waals surface area contributed by atoms with Gasteiger partial charge in [0.05, 0.1) is 39.6 Å². The van der Waals surface area contributed by atoms with Crippen molar-refractivity contribution in [2.75, 3.05) is 66.9 Å². The molecular formula is C10H23NO6. The molecule has 0 aromatic rings. The Morgan fingerprint density at radius 2 is 1.24 bits per heavy atom. The number of rotatable bonds is 13. The van der Waals surface area contributed by atoms with E-state index in [1.165, 1.54) is 0 Å². The van der Waals surface area contributed by atoms with E-state index >= 15 is 0 Å². The highest BCUT2D eigenvalue weighted by molar-refractivity contribution is 4.40. The molecule has 0 saturated heterocycles. The molecule has 0 spiro atoms. The number of methoxy groups -OCH3 is 1. The first-order valence-electron chi connectivity index (χ1n) is 5.51. The van der Waals surface area contributed by atoms with E-state index in [4.69, 9.17) is 29.2 Å². The minimum atomic E-state index is -0.0180. The third-order valence-corrected chi connectivity index (χ3v) is 1.72. The summed E-state index contributed by atoms with van der Waals surface area (Å²) in [6.07, 6.45) is 0. The smallest absolute Gasteiger partial charge is 0.103 e. The normalized spacial score (nSPS) is 11.3. The summed E-state index contributed by atoms with van der Waals surface area (Å²) in [5.41, 5.74) is 0. The molecule has 17 heavy (non-hydrogen) atoms. The van der Waals surface area contributed by atoms with Crippen LogP contribution in [0.3, 0.4) is 0 Å². The van der Waals surface area contributed by atoms with Crippen LogP contribution in [-0.2, 0) is 18.9 Å². The molecule has 0 rings (SSSR count). The van der Waals surface area contributed by atoms with Gasteiger partial charge >= 0.3 is 0 Å². The van der Waals surface area contributed by atoms with Gasteiger partial charge < -0.3 is 29.2 Å². The Labute approximate surface area is 102 Å². The Morgan fingerprint density at radius 1 is 0.765 bits per heavy atom. The average molecular weight is 253 g/mol. The van der Waals surface area contributed by atoms with Crippen molar-refractivity contribution in [3.05, 3.63) is 0 Å². The standard InChI is InChI=1S/C10H23NO6/c1-14-6-7-17-10-11(8-15-4-2-12)9-16-5-3-13/h12-13H,2-10H2,1H3. The fourth-order valence-electron chi connectivity index (χ4n) is 0.964. The van der Waals surface area contributed by atoms with Crippen LogP contribution in [-0.4, -0.2) is 82.1 Å². The third kappa shape index (κ3) is 12.0. The van der Waals surface area contributed by atoms with Crippen molar-refractivity contribution < 1.29 is 29.2 Å². The van der Waals surface area contributed by atoms with Crippen molar-refractivity contribution >= 4 is 0 Å². The molecule has 0 fully saturated rings. The van der Waals surface area contributed by atoms with Crippen LogP contribution in [0, 0.1) is 0 Å². The largest absolute Gasteiger partial charge is 0.394 e. The van der Waals surface area contributed by atoms with Crippen LogP contribution in [0.15, 0.2) is 0 Å². The number of hydrogen-bond acceptors (Lipinski definition) is 7. The Morgan fingerprint density at radius 3 is 1.65 bits per heavy atom. The average Bonchev–Trinajstić information content (AvgIpc) is 2.34. The SMILES string of the molecule is COCCOCN(COCCO)COCCO. The summed E-state index contributed by atoms with van der Waals surface area (Å²) in [7, 11) is 1.61. The lowest BCUT2D eigenvalue weighted by molar-refractivity contribution is -0.108. The van der Waals surface area contributed by atoms with Crippen molar-refractivity contribution in [2.45, 2.75) is 0 Å². The fraction of sp³-hybridized carbons (Fsp3) is 1.00. The first-order chi connectivity index (χ1) is 8.35. The van der Waals surface area contributed by atoms with Gasteiger partial charge in [-0.15, -0.1) is 0 Å². The van der Waals surface area contributed by atoms with Gasteiger partial charge in [0.1, 0.15) is 20.2 Å². The summed E-state index contributed by atoms with van der Waals surface area (Å²) in [5.74, 6) is 0. The predicted molar refractivity (Wildman–Crippen MR) is 60.3 cm³/mol. The van der Waals surface area contributed by atoms with Gasteiger partial charge in [0.25, 0.3) is 0 Å². The summed E-state index contributed by atoms with van der Waals surface area (Å²) < 4.78 is 20.5. The van der Waals surface area contributed by atoms with Crippen molar-refractivity contribution in [3.8, 4) is 0 Å². The molecule has 0 aliphatic heterocycles. The van der Waals surface area contributed by atoms with E-state index in [0.717, 1.165) is 0 Å². The minimum Gasteiger partial charge on any atom is -0.394 e. The van der Waals surface area contributed by atoms with Gasteiger partial charge in [-0.3, -0.25) is 0 Å². The second-order valence-corrected chi connectivity index (χ2v) is 3.22. The topological polar surface area (TPSA) is 80.6 Å². The van der Waals surface area contributed by atoms with Gasteiger partial charge in [0.15, 0.2) is 0 Å². The molecule has 0 heterocycles. The number of aliphatic hydroxyl groups is 2. The molecule has 0 aliphatic carbocycles. The highest BCUT2D eigenvalue weighted by Gasteiger charge is 2.05. The van der Waals surface area contributed by atoms with E-state index in [0.29, 0.717) is 33.4 Å². The van der Waals surface area contributed by atoms with Crippen LogP contribution < -0.4 is 0 Å². The Bertz CT molecular complexity index is 139. The zero-order valence-electron chi connectivity index (χ0n) is 10.3. The zero-order valence-corrected chi connectivity index (χ0v) is 10.3. The van der Waals surface area contributed by atoms with E-state index in [1.807, 2.05) is 0 Å². The molecule has 7 nitrogen and oxygen atoms in total. The van der Waals surface area contributed by atoms with Crippen molar-refractivity contribution in [2.24, 2.45) is 0 Å². The summed E-state index contributed by atoms with van der Waals surface area (Å²) >= 11 is 0. The lowest BCUT2D eigenvalue weighted by atomic mass is 10.7. The quantitative estimate of drug-likeness (QED) is 0.316. The van der Waals surface area contributed by atoms with E-state index in [9.17, 15) is 0 Å². The molecule has 0 radical (unpaired) electrons. The van der Waals surface area contributed by atoms with Crippen LogP contribution in [0.4, 0.5) is 0 Å². The van der Waals surface area contributed by atoms with Crippen molar-refractivity contribution in [1.82, 2.24) is 4.90 Å². The van der Waals surface area contributed by atoms with Crippen LogP contribution in [0.25, 0.3) is 0 Å². The van der Waals surface area contributed by atoms with E-state index in [2.05, 4.69) is 0 Å². The van der Waals surface area contributed by atoms with Gasteiger partial charge in [-0.05, 0) is 0 Å². The number of ether oxygens (including phenoxy) is 4. The molecule has 0 bridgehead atoms. The van der Waals surface area contributed by atoms with Crippen LogP contribution in [0.5, 0.6) is 0 Å². The molecule has 104 valence electrons. The Balaban J connectivity index is 3.60. The van der Waals surface area contributed by atoms with Crippen LogP contribution in [0.2, 0.25) is 0 Å². The maximum Gasteiger partial charge on any atom is 0.103 e. The summed E-state index contributed by atoms with van der Waals surface area (Å²) in [6.45, 7) is 2.49. The van der Waals surface area contributed by atoms with E-state index in [1.54, 1.807) is 12.0 Å². The first-order valence-corrected chi connectivity index (χ1v) is 5.51. The summed E-state index contributed by atoms with van der Waals surface area (Å²) in [6, 6.07) is 0. The molecule has 0 atom stereocenters. The number of hydrogen-bond donors (Lipinski definition) is 2. The zero-order chi connectivity index (χ0) is 12.8. The highest BCUT2D eigenvalue weighted by Crippen LogP contribution is 1.92. The van der Waals surface area contributed by atoms with E-state index in [-0.39, 0.29) is 26.4 Å². The number of nitrogens with zero attached hydrogens (tertiary/aromatic N) is 1. The predicted octanol–water partition coefficient (Wildman–Crippen LogP) is -1.16. The second-order valence-electron chi connectivity index (χ2n) is 3.22. The summed E-state index contributed by atoms with van der Waals surface area (Å²) in [4.78, 5) is 1.76. The van der Waals surface area contributed by atoms with Crippen LogP contribution >= 0.6 is 0 Å². The monoisotopic (exact) mass is 253 g/mol. The molecular weight excluding hydrogens is 230 g/mol. The fourth-order valence-corrected chi connectivity index (χ4v) is 0.964. The van der Waals surface area contributed by atoms with Gasteiger partial charge in [0.2, 0.25) is 0 Å². The van der Waals surface area contributed by atoms with Crippen LogP contribution in [0.1, 0.15) is 0 Å². The van der Waals surface area contributed by atoms with Crippen molar-refractivity contribution in [1.29, 1.82) is 0 Å². The molecule has 2 N–H and O–H groups in total. The molecule has 0 saturated carbocycles. The molecule has 0 aromatic heterocycles. The van der Waals surface area contributed by atoms with Gasteiger partial charge in [-0.1, -0.05) is 0 Å². The number of aliphatic hydroxyl groups excluding tert-OH is 2. The van der Waals surface area contributed by atoms with E-state index < -0.39 is 0 Å².